The number of nitrogens with one attached hydrogen (secondary N) is 1. The highest BCUT2D eigenvalue weighted by Crippen LogP contribution is 2.44. The van der Waals surface area contributed by atoms with E-state index in [1.165, 1.54) is 11.6 Å². The molecule has 33 heavy (non-hydrogen) atoms. The van der Waals surface area contributed by atoms with Gasteiger partial charge in [-0.3, -0.25) is 4.98 Å². The standard InChI is InChI=1S/C27H25FN4S/c1-17-9-8-10-20(15-17)31-18(2)16-21(19(31)3)26-25(23-12-6-7-14-29-23)30-27(33)32(26)24-13-5-4-11-22(24)28/h4-16,25-26H,1-3H3,(H,30,33)/t25-,26-/m0/s1. The van der Waals surface area contributed by atoms with E-state index in [4.69, 9.17) is 12.2 Å². The number of nitrogens with zero attached hydrogens (tertiary/aromatic N) is 3. The monoisotopic (exact) mass is 456 g/mol. The summed E-state index contributed by atoms with van der Waals surface area (Å²) in [6.07, 6.45) is 1.78. The summed E-state index contributed by atoms with van der Waals surface area (Å²) in [6, 6.07) is 22.8. The van der Waals surface area contributed by atoms with Gasteiger partial charge in [0.2, 0.25) is 0 Å². The lowest BCUT2D eigenvalue weighted by molar-refractivity contribution is 0.556. The number of para-hydroxylation sites is 1. The number of aryl methyl sites for hydroxylation is 2. The van der Waals surface area contributed by atoms with Crippen molar-refractivity contribution in [3.63, 3.8) is 0 Å². The number of hydrogen-bond acceptors (Lipinski definition) is 2. The van der Waals surface area contributed by atoms with Crippen molar-refractivity contribution in [1.82, 2.24) is 14.9 Å². The van der Waals surface area contributed by atoms with Crippen LogP contribution in [0.3, 0.4) is 0 Å². The van der Waals surface area contributed by atoms with Crippen LogP contribution in [0.15, 0.2) is 79.0 Å². The quantitative estimate of drug-likeness (QED) is 0.376. The van der Waals surface area contributed by atoms with Crippen LogP contribution in [-0.4, -0.2) is 14.7 Å². The Morgan fingerprint density at radius 3 is 2.45 bits per heavy atom. The molecular weight excluding hydrogens is 431 g/mol. The Hall–Kier alpha value is -3.51. The van der Waals surface area contributed by atoms with Gasteiger partial charge in [-0.05, 0) is 86.6 Å². The number of benzene rings is 2. The Morgan fingerprint density at radius 1 is 0.939 bits per heavy atom. The van der Waals surface area contributed by atoms with Crippen molar-refractivity contribution in [2.75, 3.05) is 4.90 Å². The summed E-state index contributed by atoms with van der Waals surface area (Å²) in [4.78, 5) is 6.50. The van der Waals surface area contributed by atoms with Crippen LogP contribution in [-0.2, 0) is 0 Å². The first-order valence-electron chi connectivity index (χ1n) is 11.0. The van der Waals surface area contributed by atoms with E-state index in [1.807, 2.05) is 29.2 Å². The topological polar surface area (TPSA) is 33.1 Å². The van der Waals surface area contributed by atoms with Crippen LogP contribution in [0.2, 0.25) is 0 Å². The summed E-state index contributed by atoms with van der Waals surface area (Å²) in [5.41, 5.74) is 6.92. The molecule has 1 aliphatic rings. The van der Waals surface area contributed by atoms with Gasteiger partial charge in [0.05, 0.1) is 23.5 Å². The first kappa shape index (κ1) is 21.3. The highest BCUT2D eigenvalue weighted by Gasteiger charge is 2.43. The number of halogens is 1. The zero-order chi connectivity index (χ0) is 23.1. The maximum absolute atomic E-state index is 15.0. The molecule has 5 rings (SSSR count). The average Bonchev–Trinajstić information content (AvgIpc) is 3.30. The lowest BCUT2D eigenvalue weighted by Gasteiger charge is -2.28. The Morgan fingerprint density at radius 2 is 1.73 bits per heavy atom. The lowest BCUT2D eigenvalue weighted by atomic mass is 9.96. The largest absolute Gasteiger partial charge is 0.351 e. The molecule has 0 saturated carbocycles. The first-order valence-corrected chi connectivity index (χ1v) is 11.4. The molecule has 2 aromatic heterocycles. The highest BCUT2D eigenvalue weighted by molar-refractivity contribution is 7.80. The molecular formula is C27H25FN4S. The summed E-state index contributed by atoms with van der Waals surface area (Å²) >= 11 is 5.74. The molecule has 1 aliphatic heterocycles. The fourth-order valence-corrected chi connectivity index (χ4v) is 5.17. The maximum atomic E-state index is 15.0. The second kappa shape index (κ2) is 8.45. The molecule has 4 aromatic rings. The second-order valence-electron chi connectivity index (χ2n) is 8.45. The van der Waals surface area contributed by atoms with Crippen molar-refractivity contribution in [1.29, 1.82) is 0 Å². The van der Waals surface area contributed by atoms with E-state index < -0.39 is 0 Å². The van der Waals surface area contributed by atoms with Crippen LogP contribution in [0.1, 0.15) is 40.3 Å². The minimum atomic E-state index is -0.305. The Labute approximate surface area is 198 Å². The summed E-state index contributed by atoms with van der Waals surface area (Å²) < 4.78 is 17.2. The fourth-order valence-electron chi connectivity index (χ4n) is 4.83. The zero-order valence-electron chi connectivity index (χ0n) is 18.8. The van der Waals surface area contributed by atoms with Gasteiger partial charge < -0.3 is 14.8 Å². The zero-order valence-corrected chi connectivity index (χ0v) is 19.6. The summed E-state index contributed by atoms with van der Waals surface area (Å²) in [6.45, 7) is 6.30. The van der Waals surface area contributed by atoms with Crippen molar-refractivity contribution in [2.45, 2.75) is 32.9 Å². The molecule has 0 spiro atoms. The normalized spacial score (nSPS) is 17.9. The number of thiocarbonyl (C=S) groups is 1. The summed E-state index contributed by atoms with van der Waals surface area (Å²) in [7, 11) is 0. The number of anilines is 1. The van der Waals surface area contributed by atoms with Crippen molar-refractivity contribution in [2.24, 2.45) is 0 Å². The van der Waals surface area contributed by atoms with E-state index in [0.717, 1.165) is 28.3 Å². The van der Waals surface area contributed by atoms with E-state index in [-0.39, 0.29) is 17.9 Å². The van der Waals surface area contributed by atoms with Crippen molar-refractivity contribution in [3.05, 3.63) is 113 Å². The highest BCUT2D eigenvalue weighted by atomic mass is 32.1. The fraction of sp³-hybridized carbons (Fsp3) is 0.185. The summed E-state index contributed by atoms with van der Waals surface area (Å²) in [5, 5.41) is 3.91. The molecule has 0 amide bonds. The van der Waals surface area contributed by atoms with Gasteiger partial charge in [-0.1, -0.05) is 30.3 Å². The van der Waals surface area contributed by atoms with E-state index in [9.17, 15) is 4.39 Å². The van der Waals surface area contributed by atoms with Gasteiger partial charge in [0.1, 0.15) is 5.82 Å². The molecule has 0 unspecified atom stereocenters. The molecule has 1 N–H and O–H groups in total. The van der Waals surface area contributed by atoms with Crippen LogP contribution in [0, 0.1) is 26.6 Å². The van der Waals surface area contributed by atoms with Crippen LogP contribution in [0.25, 0.3) is 5.69 Å². The molecule has 1 saturated heterocycles. The molecule has 166 valence electrons. The van der Waals surface area contributed by atoms with Gasteiger partial charge in [0.25, 0.3) is 0 Å². The molecule has 3 heterocycles. The van der Waals surface area contributed by atoms with Crippen molar-refractivity contribution in [3.8, 4) is 5.69 Å². The Bertz CT molecular complexity index is 1330. The average molecular weight is 457 g/mol. The molecule has 0 bridgehead atoms. The second-order valence-corrected chi connectivity index (χ2v) is 8.84. The van der Waals surface area contributed by atoms with Gasteiger partial charge in [0.15, 0.2) is 5.11 Å². The van der Waals surface area contributed by atoms with Crippen LogP contribution >= 0.6 is 12.2 Å². The third-order valence-corrected chi connectivity index (χ3v) is 6.57. The van der Waals surface area contributed by atoms with E-state index >= 15 is 0 Å². The molecule has 4 nitrogen and oxygen atoms in total. The van der Waals surface area contributed by atoms with Crippen LogP contribution in [0.4, 0.5) is 10.1 Å². The minimum Gasteiger partial charge on any atom is -0.351 e. The molecule has 0 aliphatic carbocycles. The van der Waals surface area contributed by atoms with Gasteiger partial charge in [-0.25, -0.2) is 4.39 Å². The smallest absolute Gasteiger partial charge is 0.174 e. The van der Waals surface area contributed by atoms with Gasteiger partial charge in [-0.15, -0.1) is 0 Å². The van der Waals surface area contributed by atoms with Crippen LogP contribution in [0.5, 0.6) is 0 Å². The third-order valence-electron chi connectivity index (χ3n) is 6.26. The predicted molar refractivity (Wildman–Crippen MR) is 134 cm³/mol. The maximum Gasteiger partial charge on any atom is 0.174 e. The number of aromatic nitrogens is 2. The third kappa shape index (κ3) is 3.70. The summed E-state index contributed by atoms with van der Waals surface area (Å²) in [5.74, 6) is -0.305. The van der Waals surface area contributed by atoms with Crippen molar-refractivity contribution < 1.29 is 4.39 Å². The van der Waals surface area contributed by atoms with E-state index in [2.05, 4.69) is 66.0 Å². The number of rotatable bonds is 4. The lowest BCUT2D eigenvalue weighted by Crippen LogP contribution is -2.30. The molecule has 0 radical (unpaired) electrons. The van der Waals surface area contributed by atoms with Crippen LogP contribution < -0.4 is 10.2 Å². The van der Waals surface area contributed by atoms with E-state index in [1.54, 1.807) is 18.3 Å². The SMILES string of the molecule is Cc1cccc(-n2c(C)cc([C@H]3[C@H](c4ccccn4)NC(=S)N3c3ccccc3F)c2C)c1. The number of pyridine rings is 1. The predicted octanol–water partition coefficient (Wildman–Crippen LogP) is 6.11. The number of hydrogen-bond donors (Lipinski definition) is 1. The molecule has 1 fully saturated rings. The molecule has 2 atom stereocenters. The first-order chi connectivity index (χ1) is 16.0. The Balaban J connectivity index is 1.70. The van der Waals surface area contributed by atoms with Gasteiger partial charge in [-0.2, -0.15) is 0 Å². The van der Waals surface area contributed by atoms with Crippen molar-refractivity contribution >= 4 is 23.0 Å². The molecule has 2 aromatic carbocycles. The van der Waals surface area contributed by atoms with E-state index in [0.29, 0.717) is 10.8 Å². The van der Waals surface area contributed by atoms with Gasteiger partial charge in [0, 0.05) is 23.3 Å². The van der Waals surface area contributed by atoms with Gasteiger partial charge >= 0.3 is 0 Å². The Kier molecular flexibility index (Phi) is 5.46. The minimum absolute atomic E-state index is 0.218. The molecule has 6 heteroatoms.